The summed E-state index contributed by atoms with van der Waals surface area (Å²) in [5.74, 6) is 1.18. The molecule has 1 aliphatic heterocycles. The van der Waals surface area contributed by atoms with Crippen LogP contribution in [-0.4, -0.2) is 25.0 Å². The molecule has 2 aliphatic rings. The predicted molar refractivity (Wildman–Crippen MR) is 77.1 cm³/mol. The number of piperidine rings is 1. The molecule has 2 fully saturated rings. The molecule has 1 unspecified atom stereocenters. The van der Waals surface area contributed by atoms with Crippen LogP contribution in [0.1, 0.15) is 57.8 Å². The number of amides is 1. The van der Waals surface area contributed by atoms with Gasteiger partial charge in [0.05, 0.1) is 0 Å². The lowest BCUT2D eigenvalue weighted by Gasteiger charge is -2.23. The van der Waals surface area contributed by atoms with Gasteiger partial charge in [-0.25, -0.2) is 0 Å². The third-order valence-electron chi connectivity index (χ3n) is 4.15. The Morgan fingerprint density at radius 3 is 2.61 bits per heavy atom. The van der Waals surface area contributed by atoms with Gasteiger partial charge in [0.2, 0.25) is 5.91 Å². The van der Waals surface area contributed by atoms with Crippen molar-refractivity contribution in [1.82, 2.24) is 10.6 Å². The zero-order valence-corrected chi connectivity index (χ0v) is 12.1. The van der Waals surface area contributed by atoms with Crippen LogP contribution in [0, 0.1) is 5.92 Å². The highest BCUT2D eigenvalue weighted by Gasteiger charge is 2.17. The maximum Gasteiger partial charge on any atom is 0.220 e. The molecule has 106 valence electrons. The maximum absolute atomic E-state index is 11.7. The highest BCUT2D eigenvalue weighted by Crippen LogP contribution is 2.28. The molecule has 2 N–H and O–H groups in total. The van der Waals surface area contributed by atoms with E-state index in [9.17, 15) is 4.79 Å². The number of rotatable bonds is 5. The van der Waals surface area contributed by atoms with E-state index < -0.39 is 0 Å². The van der Waals surface area contributed by atoms with Crippen LogP contribution >= 0.6 is 12.4 Å². The van der Waals surface area contributed by atoms with Crippen molar-refractivity contribution in [1.29, 1.82) is 0 Å². The normalized spacial score (nSPS) is 24.6. The molecular weight excluding hydrogens is 248 g/mol. The highest BCUT2D eigenvalue weighted by molar-refractivity contribution is 5.85. The van der Waals surface area contributed by atoms with E-state index in [0.717, 1.165) is 38.3 Å². The molecule has 0 spiro atoms. The van der Waals surface area contributed by atoms with Crippen molar-refractivity contribution in [2.75, 3.05) is 13.1 Å². The summed E-state index contributed by atoms with van der Waals surface area (Å²) in [6.45, 7) is 2.06. The van der Waals surface area contributed by atoms with Crippen molar-refractivity contribution >= 4 is 18.3 Å². The van der Waals surface area contributed by atoms with Crippen LogP contribution in [0.5, 0.6) is 0 Å². The molecule has 1 aliphatic carbocycles. The third kappa shape index (κ3) is 5.57. The maximum atomic E-state index is 11.7. The second kappa shape index (κ2) is 8.76. The summed E-state index contributed by atoms with van der Waals surface area (Å²) < 4.78 is 0. The summed E-state index contributed by atoms with van der Waals surface area (Å²) >= 11 is 0. The average molecular weight is 275 g/mol. The van der Waals surface area contributed by atoms with E-state index in [1.165, 1.54) is 38.5 Å². The number of carbonyl (C=O) groups excluding carboxylic acids is 1. The number of hydrogen-bond donors (Lipinski definition) is 2. The molecule has 1 amide bonds. The number of halogens is 1. The zero-order chi connectivity index (χ0) is 11.9. The lowest BCUT2D eigenvalue weighted by atomic mass is 10.0. The minimum Gasteiger partial charge on any atom is -0.352 e. The van der Waals surface area contributed by atoms with Crippen LogP contribution in [-0.2, 0) is 4.79 Å². The Morgan fingerprint density at radius 2 is 1.94 bits per heavy atom. The molecule has 0 aromatic heterocycles. The monoisotopic (exact) mass is 274 g/mol. The number of hydrogen-bond acceptors (Lipinski definition) is 2. The van der Waals surface area contributed by atoms with Crippen molar-refractivity contribution in [3.8, 4) is 0 Å². The Labute approximate surface area is 117 Å². The van der Waals surface area contributed by atoms with Gasteiger partial charge < -0.3 is 10.6 Å². The van der Waals surface area contributed by atoms with Gasteiger partial charge in [-0.3, -0.25) is 4.79 Å². The minimum absolute atomic E-state index is 0. The predicted octanol–water partition coefficient (Wildman–Crippen LogP) is 2.64. The van der Waals surface area contributed by atoms with Crippen molar-refractivity contribution in [3.05, 3.63) is 0 Å². The van der Waals surface area contributed by atoms with Gasteiger partial charge in [-0.1, -0.05) is 25.7 Å². The first-order valence-electron chi connectivity index (χ1n) is 7.34. The van der Waals surface area contributed by atoms with E-state index in [4.69, 9.17) is 0 Å². The molecule has 1 atom stereocenters. The molecule has 1 heterocycles. The molecular formula is C14H27ClN2O. The summed E-state index contributed by atoms with van der Waals surface area (Å²) in [5.41, 5.74) is 0. The molecule has 4 heteroatoms. The SMILES string of the molecule is Cl.O=C(CCCC1CCCC1)NC1CCCNC1. The summed E-state index contributed by atoms with van der Waals surface area (Å²) in [7, 11) is 0. The smallest absolute Gasteiger partial charge is 0.220 e. The molecule has 18 heavy (non-hydrogen) atoms. The average Bonchev–Trinajstić information content (AvgIpc) is 2.83. The molecule has 0 bridgehead atoms. The summed E-state index contributed by atoms with van der Waals surface area (Å²) in [4.78, 5) is 11.7. The van der Waals surface area contributed by atoms with E-state index in [1.54, 1.807) is 0 Å². The summed E-state index contributed by atoms with van der Waals surface area (Å²) in [6.07, 6.45) is 11.0. The highest BCUT2D eigenvalue weighted by atomic mass is 35.5. The van der Waals surface area contributed by atoms with Gasteiger partial charge in [0.1, 0.15) is 0 Å². The van der Waals surface area contributed by atoms with Crippen molar-refractivity contribution < 1.29 is 4.79 Å². The van der Waals surface area contributed by atoms with Gasteiger partial charge in [0.25, 0.3) is 0 Å². The molecule has 0 aromatic rings. The lowest BCUT2D eigenvalue weighted by molar-refractivity contribution is -0.122. The Bertz CT molecular complexity index is 236. The van der Waals surface area contributed by atoms with Gasteiger partial charge >= 0.3 is 0 Å². The van der Waals surface area contributed by atoms with E-state index in [2.05, 4.69) is 10.6 Å². The van der Waals surface area contributed by atoms with Crippen molar-refractivity contribution in [2.45, 2.75) is 63.8 Å². The molecule has 1 saturated carbocycles. The second-order valence-electron chi connectivity index (χ2n) is 5.65. The first-order chi connectivity index (χ1) is 8.34. The Kier molecular flexibility index (Phi) is 7.68. The molecule has 3 nitrogen and oxygen atoms in total. The Hall–Kier alpha value is -0.280. The number of carbonyl (C=O) groups is 1. The largest absolute Gasteiger partial charge is 0.352 e. The standard InChI is InChI=1S/C14H26N2O.ClH/c17-14(16-13-8-4-10-15-11-13)9-3-7-12-5-1-2-6-12;/h12-13,15H,1-11H2,(H,16,17);1H. The van der Waals surface area contributed by atoms with Gasteiger partial charge in [-0.15, -0.1) is 12.4 Å². The fourth-order valence-corrected chi connectivity index (χ4v) is 3.13. The van der Waals surface area contributed by atoms with Crippen LogP contribution in [0.4, 0.5) is 0 Å². The van der Waals surface area contributed by atoms with Crippen molar-refractivity contribution in [3.63, 3.8) is 0 Å². The van der Waals surface area contributed by atoms with E-state index in [0.29, 0.717) is 6.04 Å². The van der Waals surface area contributed by atoms with E-state index in [1.807, 2.05) is 0 Å². The fraction of sp³-hybridized carbons (Fsp3) is 0.929. The van der Waals surface area contributed by atoms with Crippen LogP contribution in [0.15, 0.2) is 0 Å². The Morgan fingerprint density at radius 1 is 1.17 bits per heavy atom. The van der Waals surface area contributed by atoms with Gasteiger partial charge in [-0.2, -0.15) is 0 Å². The topological polar surface area (TPSA) is 41.1 Å². The first-order valence-corrected chi connectivity index (χ1v) is 7.34. The first kappa shape index (κ1) is 15.8. The van der Waals surface area contributed by atoms with E-state index in [-0.39, 0.29) is 18.3 Å². The molecule has 1 saturated heterocycles. The zero-order valence-electron chi connectivity index (χ0n) is 11.2. The molecule has 2 rings (SSSR count). The van der Waals surface area contributed by atoms with Crippen LogP contribution in [0.25, 0.3) is 0 Å². The minimum atomic E-state index is 0. The lowest BCUT2D eigenvalue weighted by Crippen LogP contribution is -2.45. The second-order valence-corrected chi connectivity index (χ2v) is 5.65. The quantitative estimate of drug-likeness (QED) is 0.809. The van der Waals surface area contributed by atoms with Crippen LogP contribution in [0.2, 0.25) is 0 Å². The Balaban J connectivity index is 0.00000162. The summed E-state index contributed by atoms with van der Waals surface area (Å²) in [6, 6.07) is 0.378. The summed E-state index contributed by atoms with van der Waals surface area (Å²) in [5, 5.41) is 6.47. The van der Waals surface area contributed by atoms with Crippen LogP contribution in [0.3, 0.4) is 0 Å². The third-order valence-corrected chi connectivity index (χ3v) is 4.15. The van der Waals surface area contributed by atoms with Gasteiger partial charge in [0.15, 0.2) is 0 Å². The van der Waals surface area contributed by atoms with E-state index >= 15 is 0 Å². The molecule has 0 radical (unpaired) electrons. The van der Waals surface area contributed by atoms with Gasteiger partial charge in [0, 0.05) is 19.0 Å². The van der Waals surface area contributed by atoms with Crippen molar-refractivity contribution in [2.24, 2.45) is 5.92 Å². The molecule has 0 aromatic carbocycles. The number of nitrogens with one attached hydrogen (secondary N) is 2. The van der Waals surface area contributed by atoms with Gasteiger partial charge in [-0.05, 0) is 38.1 Å². The fourth-order valence-electron chi connectivity index (χ4n) is 3.13. The van der Waals surface area contributed by atoms with Crippen LogP contribution < -0.4 is 10.6 Å².